The summed E-state index contributed by atoms with van der Waals surface area (Å²) in [4.78, 5) is 15.9. The summed E-state index contributed by atoms with van der Waals surface area (Å²) in [6, 6.07) is 3.16. The fourth-order valence-corrected chi connectivity index (χ4v) is 2.46. The number of benzene rings is 1. The molecule has 0 saturated carbocycles. The molecule has 0 atom stereocenters. The van der Waals surface area contributed by atoms with Crippen molar-refractivity contribution >= 4 is 40.1 Å². The Morgan fingerprint density at radius 1 is 1.37 bits per heavy atom. The first-order chi connectivity index (χ1) is 8.97. The third kappa shape index (κ3) is 2.39. The van der Waals surface area contributed by atoms with Crippen molar-refractivity contribution in [2.45, 2.75) is 13.5 Å². The molecule has 0 aliphatic rings. The highest BCUT2D eigenvalue weighted by atomic mass is 35.5. The highest BCUT2D eigenvalue weighted by molar-refractivity contribution is 6.41. The Labute approximate surface area is 119 Å². The van der Waals surface area contributed by atoms with Gasteiger partial charge in [-0.15, -0.1) is 0 Å². The van der Waals surface area contributed by atoms with Crippen molar-refractivity contribution < 1.29 is 14.6 Å². The van der Waals surface area contributed by atoms with Crippen LogP contribution in [0, 0.1) is 6.92 Å². The Morgan fingerprint density at radius 2 is 2.00 bits per heavy atom. The standard InChI is InChI=1S/C13H11Cl2NO3/c1-6-7(5-19-2)10(13(17)18)11-8(14)3-4-9(15)12(11)16-6/h3-4H,5H2,1-2H3,(H,17,18). The van der Waals surface area contributed by atoms with Crippen molar-refractivity contribution in [1.29, 1.82) is 0 Å². The van der Waals surface area contributed by atoms with Gasteiger partial charge in [0.1, 0.15) is 0 Å². The molecule has 6 heteroatoms. The van der Waals surface area contributed by atoms with E-state index in [1.807, 2.05) is 0 Å². The smallest absolute Gasteiger partial charge is 0.336 e. The van der Waals surface area contributed by atoms with E-state index in [9.17, 15) is 9.90 Å². The van der Waals surface area contributed by atoms with Gasteiger partial charge in [0.2, 0.25) is 0 Å². The quantitative estimate of drug-likeness (QED) is 0.939. The number of ether oxygens (including phenoxy) is 1. The minimum Gasteiger partial charge on any atom is -0.478 e. The molecule has 19 heavy (non-hydrogen) atoms. The summed E-state index contributed by atoms with van der Waals surface area (Å²) < 4.78 is 5.04. The number of pyridine rings is 1. The number of halogens is 2. The van der Waals surface area contributed by atoms with Crippen molar-refractivity contribution in [3.05, 3.63) is 39.0 Å². The number of rotatable bonds is 3. The number of hydrogen-bond acceptors (Lipinski definition) is 3. The zero-order valence-corrected chi connectivity index (χ0v) is 11.8. The maximum Gasteiger partial charge on any atom is 0.336 e. The Kier molecular flexibility index (Phi) is 3.94. The molecular weight excluding hydrogens is 289 g/mol. The lowest BCUT2D eigenvalue weighted by atomic mass is 10.0. The number of nitrogens with zero attached hydrogens (tertiary/aromatic N) is 1. The molecule has 4 nitrogen and oxygen atoms in total. The number of fused-ring (bicyclic) bond motifs is 1. The van der Waals surface area contributed by atoms with Gasteiger partial charge in [-0.05, 0) is 19.1 Å². The van der Waals surface area contributed by atoms with E-state index in [-0.39, 0.29) is 12.2 Å². The number of aromatic carboxylic acids is 1. The SMILES string of the molecule is COCc1c(C)nc2c(Cl)ccc(Cl)c2c1C(=O)O. The van der Waals surface area contributed by atoms with Gasteiger partial charge < -0.3 is 9.84 Å². The van der Waals surface area contributed by atoms with E-state index in [0.29, 0.717) is 32.2 Å². The van der Waals surface area contributed by atoms with Crippen LogP contribution in [-0.2, 0) is 11.3 Å². The van der Waals surface area contributed by atoms with Crippen LogP contribution in [0.15, 0.2) is 12.1 Å². The number of carboxylic acid groups (broad SMARTS) is 1. The van der Waals surface area contributed by atoms with Crippen LogP contribution in [0.5, 0.6) is 0 Å². The van der Waals surface area contributed by atoms with E-state index in [4.69, 9.17) is 27.9 Å². The summed E-state index contributed by atoms with van der Waals surface area (Å²) in [7, 11) is 1.49. The maximum atomic E-state index is 11.5. The summed E-state index contributed by atoms with van der Waals surface area (Å²) in [6.07, 6.45) is 0. The second-order valence-electron chi connectivity index (χ2n) is 4.04. The van der Waals surface area contributed by atoms with Gasteiger partial charge in [0.25, 0.3) is 0 Å². The molecule has 0 unspecified atom stereocenters. The molecular formula is C13H11Cl2NO3. The van der Waals surface area contributed by atoms with Crippen LogP contribution < -0.4 is 0 Å². The van der Waals surface area contributed by atoms with Gasteiger partial charge >= 0.3 is 5.97 Å². The summed E-state index contributed by atoms with van der Waals surface area (Å²) in [5.74, 6) is -1.08. The first kappa shape index (κ1) is 14.1. The maximum absolute atomic E-state index is 11.5. The van der Waals surface area contributed by atoms with Gasteiger partial charge in [0.15, 0.2) is 0 Å². The van der Waals surface area contributed by atoms with Crippen LogP contribution in [-0.4, -0.2) is 23.2 Å². The Bertz CT molecular complexity index is 671. The Balaban J connectivity index is 2.98. The van der Waals surface area contributed by atoms with E-state index < -0.39 is 5.97 Å². The number of hydrogen-bond donors (Lipinski definition) is 1. The minimum atomic E-state index is -1.08. The topological polar surface area (TPSA) is 59.4 Å². The average Bonchev–Trinajstić information content (AvgIpc) is 2.35. The number of carboxylic acids is 1. The zero-order valence-electron chi connectivity index (χ0n) is 10.3. The van der Waals surface area contributed by atoms with Crippen LogP contribution in [0.3, 0.4) is 0 Å². The molecule has 1 aromatic heterocycles. The van der Waals surface area contributed by atoms with Crippen molar-refractivity contribution in [1.82, 2.24) is 4.98 Å². The average molecular weight is 300 g/mol. The largest absolute Gasteiger partial charge is 0.478 e. The Hall–Kier alpha value is -1.36. The molecule has 0 aliphatic carbocycles. The van der Waals surface area contributed by atoms with Crippen molar-refractivity contribution in [2.75, 3.05) is 7.11 Å². The second-order valence-corrected chi connectivity index (χ2v) is 4.86. The lowest BCUT2D eigenvalue weighted by Gasteiger charge is -2.13. The predicted molar refractivity (Wildman–Crippen MR) is 74.2 cm³/mol. The third-order valence-electron chi connectivity index (χ3n) is 2.85. The third-order valence-corrected chi connectivity index (χ3v) is 3.47. The van der Waals surface area contributed by atoms with Crippen molar-refractivity contribution in [3.63, 3.8) is 0 Å². The van der Waals surface area contributed by atoms with E-state index in [0.717, 1.165) is 0 Å². The van der Waals surface area contributed by atoms with E-state index >= 15 is 0 Å². The number of carbonyl (C=O) groups is 1. The van der Waals surface area contributed by atoms with E-state index in [1.165, 1.54) is 7.11 Å². The Morgan fingerprint density at radius 3 is 2.58 bits per heavy atom. The van der Waals surface area contributed by atoms with Crippen molar-refractivity contribution in [3.8, 4) is 0 Å². The molecule has 2 rings (SSSR count). The van der Waals surface area contributed by atoms with Gasteiger partial charge in [-0.25, -0.2) is 4.79 Å². The van der Waals surface area contributed by atoms with Crippen LogP contribution in [0.2, 0.25) is 10.0 Å². The fraction of sp³-hybridized carbons (Fsp3) is 0.231. The first-order valence-corrected chi connectivity index (χ1v) is 6.22. The minimum absolute atomic E-state index is 0.0943. The number of aromatic nitrogens is 1. The van der Waals surface area contributed by atoms with Crippen molar-refractivity contribution in [2.24, 2.45) is 0 Å². The lowest BCUT2D eigenvalue weighted by Crippen LogP contribution is -2.09. The highest BCUT2D eigenvalue weighted by Crippen LogP contribution is 2.34. The summed E-state index contributed by atoms with van der Waals surface area (Å²) in [5.41, 5.74) is 1.56. The van der Waals surface area contributed by atoms with Gasteiger partial charge in [0.05, 0.1) is 27.7 Å². The van der Waals surface area contributed by atoms with E-state index in [1.54, 1.807) is 19.1 Å². The summed E-state index contributed by atoms with van der Waals surface area (Å²) >= 11 is 12.2. The van der Waals surface area contributed by atoms with Crippen LogP contribution in [0.4, 0.5) is 0 Å². The molecule has 0 fully saturated rings. The second kappa shape index (κ2) is 5.33. The van der Waals surface area contributed by atoms with Gasteiger partial charge in [0, 0.05) is 23.8 Å². The van der Waals surface area contributed by atoms with E-state index in [2.05, 4.69) is 4.98 Å². The highest BCUT2D eigenvalue weighted by Gasteiger charge is 2.21. The predicted octanol–water partition coefficient (Wildman–Crippen LogP) is 3.69. The zero-order chi connectivity index (χ0) is 14.2. The molecule has 2 aromatic rings. The van der Waals surface area contributed by atoms with Crippen LogP contribution >= 0.6 is 23.2 Å². The lowest BCUT2D eigenvalue weighted by molar-refractivity contribution is 0.0694. The molecule has 0 amide bonds. The molecule has 1 aromatic carbocycles. The number of methoxy groups -OCH3 is 1. The molecule has 100 valence electrons. The normalized spacial score (nSPS) is 10.9. The molecule has 0 aliphatic heterocycles. The molecule has 1 N–H and O–H groups in total. The fourth-order valence-electron chi connectivity index (χ4n) is 2.01. The summed E-state index contributed by atoms with van der Waals surface area (Å²) in [6.45, 7) is 1.87. The molecule has 0 bridgehead atoms. The first-order valence-electron chi connectivity index (χ1n) is 5.46. The van der Waals surface area contributed by atoms with Gasteiger partial charge in [-0.3, -0.25) is 4.98 Å². The number of aryl methyl sites for hydroxylation is 1. The van der Waals surface area contributed by atoms with Crippen LogP contribution in [0.1, 0.15) is 21.6 Å². The van der Waals surface area contributed by atoms with Crippen LogP contribution in [0.25, 0.3) is 10.9 Å². The molecule has 1 heterocycles. The molecule has 0 saturated heterocycles. The molecule has 0 radical (unpaired) electrons. The van der Waals surface area contributed by atoms with Gasteiger partial charge in [-0.2, -0.15) is 0 Å². The monoisotopic (exact) mass is 299 g/mol. The summed E-state index contributed by atoms with van der Waals surface area (Å²) in [5, 5.41) is 10.5. The van der Waals surface area contributed by atoms with Gasteiger partial charge in [-0.1, -0.05) is 23.2 Å². The molecule has 0 spiro atoms.